The van der Waals surface area contributed by atoms with Gasteiger partial charge in [0.2, 0.25) is 0 Å². The number of hydrogen-bond acceptors (Lipinski definition) is 4. The molecule has 15 heavy (non-hydrogen) atoms. The minimum atomic E-state index is -0.893. The Bertz CT molecular complexity index is 338. The monoisotopic (exact) mass is 208 g/mol. The first-order valence-electron chi connectivity index (χ1n) is 4.40. The van der Waals surface area contributed by atoms with Crippen molar-refractivity contribution in [3.8, 4) is 0 Å². The Balaban J connectivity index is 2.62. The molecule has 1 amide bonds. The van der Waals surface area contributed by atoms with Crippen LogP contribution in [0.3, 0.4) is 0 Å². The minimum absolute atomic E-state index is 0.424. The second-order valence-corrected chi connectivity index (χ2v) is 2.93. The molecule has 1 unspecified atom stereocenters. The maximum absolute atomic E-state index is 10.5. The van der Waals surface area contributed by atoms with E-state index in [4.69, 9.17) is 15.7 Å². The summed E-state index contributed by atoms with van der Waals surface area (Å²) in [6.07, 6.45) is 0.0109. The van der Waals surface area contributed by atoms with Crippen LogP contribution in [-0.2, 0) is 11.2 Å². The van der Waals surface area contributed by atoms with Crippen molar-refractivity contribution in [2.45, 2.75) is 12.5 Å². The van der Waals surface area contributed by atoms with Gasteiger partial charge in [0.15, 0.2) is 0 Å². The Labute approximate surface area is 87.1 Å². The molecule has 0 heterocycles. The Morgan fingerprint density at radius 3 is 2.73 bits per heavy atom. The number of rotatable bonds is 4. The SMILES string of the molecule is NC(=O)OC(C=NO)Cc1ccccc1. The second kappa shape index (κ2) is 5.64. The van der Waals surface area contributed by atoms with Crippen molar-refractivity contribution in [3.63, 3.8) is 0 Å². The molecular weight excluding hydrogens is 196 g/mol. The van der Waals surface area contributed by atoms with Crippen LogP contribution in [0.4, 0.5) is 4.79 Å². The van der Waals surface area contributed by atoms with Gasteiger partial charge in [0, 0.05) is 6.42 Å². The number of nitrogens with zero attached hydrogens (tertiary/aromatic N) is 1. The van der Waals surface area contributed by atoms with E-state index in [9.17, 15) is 4.79 Å². The fourth-order valence-corrected chi connectivity index (χ4v) is 1.19. The van der Waals surface area contributed by atoms with E-state index in [0.717, 1.165) is 11.8 Å². The summed E-state index contributed by atoms with van der Waals surface area (Å²) in [7, 11) is 0. The third-order valence-electron chi connectivity index (χ3n) is 1.78. The van der Waals surface area contributed by atoms with Gasteiger partial charge in [-0.25, -0.2) is 4.79 Å². The smallest absolute Gasteiger partial charge is 0.405 e. The highest BCUT2D eigenvalue weighted by Gasteiger charge is 2.10. The number of benzene rings is 1. The minimum Gasteiger partial charge on any atom is -0.440 e. The van der Waals surface area contributed by atoms with Crippen molar-refractivity contribution in [2.24, 2.45) is 10.9 Å². The summed E-state index contributed by atoms with van der Waals surface area (Å²) in [6.45, 7) is 0. The van der Waals surface area contributed by atoms with E-state index in [1.165, 1.54) is 0 Å². The highest BCUT2D eigenvalue weighted by molar-refractivity contribution is 5.71. The average Bonchev–Trinajstić information content (AvgIpc) is 2.18. The van der Waals surface area contributed by atoms with Gasteiger partial charge in [0.1, 0.15) is 6.10 Å². The van der Waals surface area contributed by atoms with Gasteiger partial charge in [-0.15, -0.1) is 0 Å². The lowest BCUT2D eigenvalue weighted by molar-refractivity contribution is 0.137. The van der Waals surface area contributed by atoms with Crippen LogP contribution in [0.15, 0.2) is 35.5 Å². The number of carbonyl (C=O) groups excluding carboxylic acids is 1. The number of primary amides is 1. The lowest BCUT2D eigenvalue weighted by Crippen LogP contribution is -2.25. The van der Waals surface area contributed by atoms with Crippen LogP contribution in [-0.4, -0.2) is 23.6 Å². The Morgan fingerprint density at radius 2 is 2.20 bits per heavy atom. The normalized spacial score (nSPS) is 12.5. The van der Waals surface area contributed by atoms with Gasteiger partial charge < -0.3 is 15.7 Å². The molecule has 1 aromatic carbocycles. The summed E-state index contributed by atoms with van der Waals surface area (Å²) >= 11 is 0. The van der Waals surface area contributed by atoms with E-state index in [1.54, 1.807) is 0 Å². The van der Waals surface area contributed by atoms with Crippen LogP contribution in [0, 0.1) is 0 Å². The molecule has 1 atom stereocenters. The van der Waals surface area contributed by atoms with Crippen LogP contribution in [0.2, 0.25) is 0 Å². The van der Waals surface area contributed by atoms with Crippen molar-refractivity contribution in [2.75, 3.05) is 0 Å². The summed E-state index contributed by atoms with van der Waals surface area (Å²) < 4.78 is 4.72. The average molecular weight is 208 g/mol. The molecule has 3 N–H and O–H groups in total. The first-order valence-corrected chi connectivity index (χ1v) is 4.40. The lowest BCUT2D eigenvalue weighted by Gasteiger charge is -2.10. The zero-order chi connectivity index (χ0) is 11.1. The van der Waals surface area contributed by atoms with Gasteiger partial charge in [0.25, 0.3) is 0 Å². The molecule has 80 valence electrons. The summed E-state index contributed by atoms with van der Waals surface area (Å²) in [5.74, 6) is 0. The standard InChI is InChI=1S/C10H12N2O3/c11-10(13)15-9(7-12-14)6-8-4-2-1-3-5-8/h1-5,7,9,14H,6H2,(H2,11,13). The summed E-state index contributed by atoms with van der Waals surface area (Å²) in [5.41, 5.74) is 5.83. The zero-order valence-corrected chi connectivity index (χ0v) is 8.04. The predicted molar refractivity (Wildman–Crippen MR) is 54.9 cm³/mol. The summed E-state index contributed by atoms with van der Waals surface area (Å²) in [5, 5.41) is 11.2. The Morgan fingerprint density at radius 1 is 1.53 bits per heavy atom. The van der Waals surface area contributed by atoms with Crippen molar-refractivity contribution in [1.29, 1.82) is 0 Å². The largest absolute Gasteiger partial charge is 0.440 e. The number of hydrogen-bond donors (Lipinski definition) is 2. The molecular formula is C10H12N2O3. The van der Waals surface area contributed by atoms with Gasteiger partial charge in [-0.05, 0) is 5.56 Å². The number of oxime groups is 1. The quantitative estimate of drug-likeness (QED) is 0.442. The molecule has 5 nitrogen and oxygen atoms in total. The fourth-order valence-electron chi connectivity index (χ4n) is 1.19. The van der Waals surface area contributed by atoms with Crippen LogP contribution in [0.25, 0.3) is 0 Å². The van der Waals surface area contributed by atoms with Crippen molar-refractivity contribution in [1.82, 2.24) is 0 Å². The highest BCUT2D eigenvalue weighted by Crippen LogP contribution is 2.04. The van der Waals surface area contributed by atoms with Gasteiger partial charge in [-0.2, -0.15) is 0 Å². The first-order chi connectivity index (χ1) is 7.22. The van der Waals surface area contributed by atoms with E-state index >= 15 is 0 Å². The Kier molecular flexibility index (Phi) is 4.15. The fraction of sp³-hybridized carbons (Fsp3) is 0.200. The molecule has 0 saturated carbocycles. The molecule has 0 aromatic heterocycles. The third-order valence-corrected chi connectivity index (χ3v) is 1.78. The number of nitrogens with two attached hydrogens (primary N) is 1. The summed E-state index contributed by atoms with van der Waals surface area (Å²) in [4.78, 5) is 10.5. The maximum atomic E-state index is 10.5. The maximum Gasteiger partial charge on any atom is 0.405 e. The molecule has 0 saturated heterocycles. The van der Waals surface area contributed by atoms with Crippen LogP contribution in [0.1, 0.15) is 5.56 Å². The number of carbonyl (C=O) groups is 1. The third kappa shape index (κ3) is 4.12. The van der Waals surface area contributed by atoms with Gasteiger partial charge in [-0.3, -0.25) is 0 Å². The number of ether oxygens (including phenoxy) is 1. The van der Waals surface area contributed by atoms with E-state index in [1.807, 2.05) is 30.3 Å². The van der Waals surface area contributed by atoms with Crippen molar-refractivity contribution < 1.29 is 14.7 Å². The van der Waals surface area contributed by atoms with Gasteiger partial charge in [0.05, 0.1) is 6.21 Å². The van der Waals surface area contributed by atoms with Crippen molar-refractivity contribution >= 4 is 12.3 Å². The molecule has 1 rings (SSSR count). The zero-order valence-electron chi connectivity index (χ0n) is 8.04. The van der Waals surface area contributed by atoms with E-state index in [-0.39, 0.29) is 0 Å². The van der Waals surface area contributed by atoms with E-state index in [0.29, 0.717) is 6.42 Å². The molecule has 5 heteroatoms. The van der Waals surface area contributed by atoms with Gasteiger partial charge in [-0.1, -0.05) is 35.5 Å². The van der Waals surface area contributed by atoms with Crippen LogP contribution in [0.5, 0.6) is 0 Å². The molecule has 1 aromatic rings. The summed E-state index contributed by atoms with van der Waals surface area (Å²) in [6, 6.07) is 9.37. The lowest BCUT2D eigenvalue weighted by atomic mass is 10.1. The van der Waals surface area contributed by atoms with Crippen LogP contribution >= 0.6 is 0 Å². The molecule has 0 bridgehead atoms. The second-order valence-electron chi connectivity index (χ2n) is 2.93. The first kappa shape index (κ1) is 11.0. The number of amides is 1. The highest BCUT2D eigenvalue weighted by atomic mass is 16.6. The van der Waals surface area contributed by atoms with E-state index in [2.05, 4.69) is 5.16 Å². The van der Waals surface area contributed by atoms with Crippen molar-refractivity contribution in [3.05, 3.63) is 35.9 Å². The molecule has 0 radical (unpaired) electrons. The van der Waals surface area contributed by atoms with Crippen LogP contribution < -0.4 is 5.73 Å². The predicted octanol–water partition coefficient (Wildman–Crippen LogP) is 1.15. The molecule has 0 aliphatic carbocycles. The molecule has 0 aliphatic heterocycles. The molecule has 0 aliphatic rings. The van der Waals surface area contributed by atoms with Gasteiger partial charge >= 0.3 is 6.09 Å². The topological polar surface area (TPSA) is 84.9 Å². The molecule has 0 spiro atoms. The molecule has 0 fully saturated rings. The Hall–Kier alpha value is -2.04. The van der Waals surface area contributed by atoms with E-state index < -0.39 is 12.2 Å².